The van der Waals surface area contributed by atoms with Crippen molar-refractivity contribution in [2.24, 2.45) is 0 Å². The van der Waals surface area contributed by atoms with Crippen molar-refractivity contribution in [3.8, 4) is 5.75 Å². The van der Waals surface area contributed by atoms with Crippen LogP contribution in [0.5, 0.6) is 5.75 Å². The summed E-state index contributed by atoms with van der Waals surface area (Å²) in [6, 6.07) is 4.10. The molecule has 3 aromatic rings. The lowest BCUT2D eigenvalue weighted by Gasteiger charge is -2.26. The molecule has 168 valence electrons. The number of likely N-dealkylation sites (tertiary alicyclic amines) is 1. The van der Waals surface area contributed by atoms with E-state index in [1.807, 2.05) is 0 Å². The van der Waals surface area contributed by atoms with Crippen LogP contribution in [0.3, 0.4) is 0 Å². The molecule has 0 radical (unpaired) electrons. The van der Waals surface area contributed by atoms with Crippen molar-refractivity contribution in [2.75, 3.05) is 32.6 Å². The Morgan fingerprint density at radius 1 is 1.28 bits per heavy atom. The van der Waals surface area contributed by atoms with Crippen molar-refractivity contribution in [2.45, 2.75) is 38.4 Å². The number of hydrogen-bond donors (Lipinski definition) is 2. The summed E-state index contributed by atoms with van der Waals surface area (Å²) >= 11 is 0. The van der Waals surface area contributed by atoms with Crippen LogP contribution in [0.25, 0.3) is 11.0 Å². The Bertz CT molecular complexity index is 1160. The van der Waals surface area contributed by atoms with Crippen LogP contribution in [-0.2, 0) is 19.5 Å². The second kappa shape index (κ2) is 8.27. The molecule has 0 saturated carbocycles. The zero-order valence-corrected chi connectivity index (χ0v) is 18.3. The maximum absolute atomic E-state index is 11.5. The van der Waals surface area contributed by atoms with Gasteiger partial charge in [-0.2, -0.15) is 10.1 Å². The number of rotatable bonds is 5. The van der Waals surface area contributed by atoms with E-state index in [9.17, 15) is 9.90 Å². The Hall–Kier alpha value is -3.40. The summed E-state index contributed by atoms with van der Waals surface area (Å²) in [6.07, 6.45) is 5.26. The van der Waals surface area contributed by atoms with Crippen molar-refractivity contribution in [1.29, 1.82) is 0 Å². The number of fused-ring (bicyclic) bond motifs is 2. The molecule has 0 aliphatic carbocycles. The molecule has 2 aromatic heterocycles. The van der Waals surface area contributed by atoms with Crippen LogP contribution >= 0.6 is 0 Å². The second-order valence-corrected chi connectivity index (χ2v) is 8.51. The smallest absolute Gasteiger partial charge is 0.407 e. The summed E-state index contributed by atoms with van der Waals surface area (Å²) in [5.41, 5.74) is 4.07. The molecule has 0 spiro atoms. The van der Waals surface area contributed by atoms with Crippen LogP contribution in [0.4, 0.5) is 16.4 Å². The van der Waals surface area contributed by atoms with E-state index in [1.165, 1.54) is 16.0 Å². The molecule has 2 aliphatic rings. The monoisotopic (exact) mass is 437 g/mol. The molecule has 1 aromatic carbocycles. The summed E-state index contributed by atoms with van der Waals surface area (Å²) < 4.78 is 7.39. The molecule has 10 heteroatoms. The van der Waals surface area contributed by atoms with Crippen molar-refractivity contribution in [1.82, 2.24) is 29.5 Å². The molecule has 2 N–H and O–H groups in total. The van der Waals surface area contributed by atoms with Gasteiger partial charge in [-0.05, 0) is 49.6 Å². The normalized spacial score (nSPS) is 18.7. The Morgan fingerprint density at radius 3 is 2.97 bits per heavy atom. The molecule has 0 bridgehead atoms. The summed E-state index contributed by atoms with van der Waals surface area (Å²) in [5.74, 6) is 1.21. The van der Waals surface area contributed by atoms with Crippen LogP contribution in [0.2, 0.25) is 0 Å². The van der Waals surface area contributed by atoms with Gasteiger partial charge in [0.05, 0.1) is 37.0 Å². The molecule has 4 heterocycles. The molecule has 1 amide bonds. The number of benzene rings is 1. The summed E-state index contributed by atoms with van der Waals surface area (Å²) in [5, 5.41) is 18.0. The highest BCUT2D eigenvalue weighted by atomic mass is 16.5. The maximum atomic E-state index is 11.5. The number of carbonyl (C=O) groups is 1. The first-order valence-electron chi connectivity index (χ1n) is 10.9. The minimum Gasteiger partial charge on any atom is -0.495 e. The second-order valence-electron chi connectivity index (χ2n) is 8.51. The van der Waals surface area contributed by atoms with Gasteiger partial charge in [-0.25, -0.2) is 14.5 Å². The van der Waals surface area contributed by atoms with E-state index >= 15 is 0 Å². The lowest BCUT2D eigenvalue weighted by atomic mass is 9.99. The van der Waals surface area contributed by atoms with Crippen LogP contribution < -0.4 is 10.1 Å². The third-order valence-electron chi connectivity index (χ3n) is 6.35. The topological polar surface area (TPSA) is 109 Å². The Balaban J connectivity index is 1.43. The quantitative estimate of drug-likeness (QED) is 0.627. The van der Waals surface area contributed by atoms with Crippen LogP contribution in [0, 0.1) is 0 Å². The van der Waals surface area contributed by atoms with Gasteiger partial charge in [-0.15, -0.1) is 0 Å². The number of methoxy groups -OCH3 is 1. The van der Waals surface area contributed by atoms with E-state index in [1.54, 1.807) is 24.2 Å². The Kier molecular flexibility index (Phi) is 5.30. The highest BCUT2D eigenvalue weighted by Gasteiger charge is 2.29. The van der Waals surface area contributed by atoms with Gasteiger partial charge in [0.15, 0.2) is 5.65 Å². The average molecular weight is 438 g/mol. The van der Waals surface area contributed by atoms with Gasteiger partial charge in [0.2, 0.25) is 5.95 Å². The van der Waals surface area contributed by atoms with E-state index in [4.69, 9.17) is 9.72 Å². The number of anilines is 2. The number of likely N-dealkylation sites (N-methyl/N-ethyl adjacent to an activating group) is 1. The highest BCUT2D eigenvalue weighted by molar-refractivity contribution is 5.76. The number of ether oxygens (including phenoxy) is 1. The van der Waals surface area contributed by atoms with E-state index in [2.05, 4.69) is 39.5 Å². The van der Waals surface area contributed by atoms with Crippen molar-refractivity contribution >= 4 is 28.8 Å². The van der Waals surface area contributed by atoms with Gasteiger partial charge in [0, 0.05) is 25.8 Å². The number of hydrogen-bond acceptors (Lipinski definition) is 7. The Labute approximate surface area is 185 Å². The first-order chi connectivity index (χ1) is 15.5. The molecule has 10 nitrogen and oxygen atoms in total. The van der Waals surface area contributed by atoms with Gasteiger partial charge < -0.3 is 25.0 Å². The molecule has 2 aliphatic heterocycles. The molecule has 1 fully saturated rings. The summed E-state index contributed by atoms with van der Waals surface area (Å²) in [4.78, 5) is 24.4. The molecular formula is C22H27N7O3. The molecule has 32 heavy (non-hydrogen) atoms. The standard InChI is InChI=1S/C22H27N7O3/c1-27-7-5-14-9-19(32-2)18(8-15(14)12-27)25-21-23-10-16-11-24-29(20(16)26-21)13-17-4-3-6-28(17)22(30)31/h8-11,17H,3-7,12-13H2,1-2H3,(H,30,31)(H,23,25,26)/t17-/m0/s1. The van der Waals surface area contributed by atoms with Crippen molar-refractivity contribution in [3.05, 3.63) is 35.7 Å². The fourth-order valence-electron chi connectivity index (χ4n) is 4.65. The predicted molar refractivity (Wildman–Crippen MR) is 119 cm³/mol. The zero-order chi connectivity index (χ0) is 22.2. The third-order valence-corrected chi connectivity index (χ3v) is 6.35. The lowest BCUT2D eigenvalue weighted by molar-refractivity contribution is 0.135. The van der Waals surface area contributed by atoms with E-state index in [0.29, 0.717) is 24.7 Å². The number of aromatic nitrogens is 4. The van der Waals surface area contributed by atoms with Gasteiger partial charge in [-0.1, -0.05) is 0 Å². The number of carboxylic acid groups (broad SMARTS) is 1. The number of nitrogens with zero attached hydrogens (tertiary/aromatic N) is 6. The number of nitrogens with one attached hydrogen (secondary N) is 1. The van der Waals surface area contributed by atoms with Crippen molar-refractivity contribution in [3.63, 3.8) is 0 Å². The van der Waals surface area contributed by atoms with E-state index in [0.717, 1.165) is 49.2 Å². The predicted octanol–water partition coefficient (Wildman–Crippen LogP) is 2.71. The molecular weight excluding hydrogens is 410 g/mol. The van der Waals surface area contributed by atoms with Gasteiger partial charge >= 0.3 is 6.09 Å². The summed E-state index contributed by atoms with van der Waals surface area (Å²) in [7, 11) is 3.78. The van der Waals surface area contributed by atoms with Crippen LogP contribution in [0.15, 0.2) is 24.5 Å². The largest absolute Gasteiger partial charge is 0.495 e. The minimum absolute atomic E-state index is 0.0975. The van der Waals surface area contributed by atoms with Crippen molar-refractivity contribution < 1.29 is 14.6 Å². The van der Waals surface area contributed by atoms with Gasteiger partial charge in [-0.3, -0.25) is 0 Å². The molecule has 5 rings (SSSR count). The molecule has 0 unspecified atom stereocenters. The fraction of sp³-hybridized carbons (Fsp3) is 0.455. The minimum atomic E-state index is -0.883. The highest BCUT2D eigenvalue weighted by Crippen LogP contribution is 2.33. The number of amides is 1. The first kappa shape index (κ1) is 20.5. The SMILES string of the molecule is COc1cc2c(cc1Nc1ncc3cnn(C[C@@H]4CCCN4C(=O)O)c3n1)CN(C)CC2. The Morgan fingerprint density at radius 2 is 2.16 bits per heavy atom. The van der Waals surface area contributed by atoms with E-state index in [-0.39, 0.29) is 6.04 Å². The van der Waals surface area contributed by atoms with Gasteiger partial charge in [0.25, 0.3) is 0 Å². The zero-order valence-electron chi connectivity index (χ0n) is 18.3. The maximum Gasteiger partial charge on any atom is 0.407 e. The van der Waals surface area contributed by atoms with Crippen LogP contribution in [0.1, 0.15) is 24.0 Å². The fourth-order valence-corrected chi connectivity index (χ4v) is 4.65. The van der Waals surface area contributed by atoms with Gasteiger partial charge in [0.1, 0.15) is 5.75 Å². The molecule has 1 atom stereocenters. The van der Waals surface area contributed by atoms with E-state index < -0.39 is 6.09 Å². The lowest BCUT2D eigenvalue weighted by Crippen LogP contribution is -2.37. The van der Waals surface area contributed by atoms with Crippen LogP contribution in [-0.4, -0.2) is 74.0 Å². The first-order valence-corrected chi connectivity index (χ1v) is 10.9. The average Bonchev–Trinajstić information content (AvgIpc) is 3.41. The third kappa shape index (κ3) is 3.81. The summed E-state index contributed by atoms with van der Waals surface area (Å²) in [6.45, 7) is 2.96. The molecule has 1 saturated heterocycles.